The summed E-state index contributed by atoms with van der Waals surface area (Å²) in [5.74, 6) is -0.413. The molecule has 0 fully saturated rings. The molecule has 0 spiro atoms. The molecule has 0 saturated carbocycles. The number of benzene rings is 2. The SMILES string of the molecule is CCOC(=O)CC(C)NCc1ccc(-c2ccc(F)cc2)cc1. The molecular weight excluding hydrogens is 293 g/mol. The smallest absolute Gasteiger partial charge is 0.307 e. The summed E-state index contributed by atoms with van der Waals surface area (Å²) < 4.78 is 17.9. The molecule has 0 bridgehead atoms. The number of carbonyl (C=O) groups excluding carboxylic acids is 1. The summed E-state index contributed by atoms with van der Waals surface area (Å²) in [6.45, 7) is 4.86. The Bertz CT molecular complexity index is 623. The van der Waals surface area contributed by atoms with Gasteiger partial charge in [-0.3, -0.25) is 4.79 Å². The zero-order chi connectivity index (χ0) is 16.7. The number of nitrogens with one attached hydrogen (secondary N) is 1. The molecule has 0 aromatic heterocycles. The highest BCUT2D eigenvalue weighted by atomic mass is 19.1. The monoisotopic (exact) mass is 315 g/mol. The quantitative estimate of drug-likeness (QED) is 0.787. The van der Waals surface area contributed by atoms with Crippen molar-refractivity contribution in [3.8, 4) is 11.1 Å². The van der Waals surface area contributed by atoms with E-state index in [4.69, 9.17) is 4.74 Å². The van der Waals surface area contributed by atoms with Gasteiger partial charge in [0.25, 0.3) is 0 Å². The molecule has 4 heteroatoms. The van der Waals surface area contributed by atoms with E-state index in [2.05, 4.69) is 5.32 Å². The Balaban J connectivity index is 1.87. The zero-order valence-electron chi connectivity index (χ0n) is 13.5. The Morgan fingerprint density at radius 3 is 2.22 bits per heavy atom. The molecule has 0 aliphatic rings. The van der Waals surface area contributed by atoms with Crippen LogP contribution in [-0.4, -0.2) is 18.6 Å². The van der Waals surface area contributed by atoms with Gasteiger partial charge in [0.15, 0.2) is 0 Å². The van der Waals surface area contributed by atoms with Crippen LogP contribution in [0.4, 0.5) is 4.39 Å². The zero-order valence-corrected chi connectivity index (χ0v) is 13.5. The Labute approximate surface area is 136 Å². The maximum atomic E-state index is 12.9. The Kier molecular flexibility index (Phi) is 6.29. The lowest BCUT2D eigenvalue weighted by Gasteiger charge is -2.13. The lowest BCUT2D eigenvalue weighted by molar-refractivity contribution is -0.143. The Morgan fingerprint density at radius 2 is 1.65 bits per heavy atom. The largest absolute Gasteiger partial charge is 0.466 e. The van der Waals surface area contributed by atoms with Crippen LogP contribution in [0.5, 0.6) is 0 Å². The minimum absolute atomic E-state index is 0.0609. The van der Waals surface area contributed by atoms with Gasteiger partial charge in [-0.25, -0.2) is 4.39 Å². The fraction of sp³-hybridized carbons (Fsp3) is 0.316. The van der Waals surface area contributed by atoms with Crippen LogP contribution in [0, 0.1) is 5.82 Å². The molecule has 2 aromatic carbocycles. The normalized spacial score (nSPS) is 12.0. The minimum Gasteiger partial charge on any atom is -0.466 e. The van der Waals surface area contributed by atoms with Crippen molar-refractivity contribution in [1.29, 1.82) is 0 Å². The van der Waals surface area contributed by atoms with E-state index in [-0.39, 0.29) is 17.8 Å². The second kappa shape index (κ2) is 8.44. The molecular formula is C19H22FNO2. The number of halogens is 1. The lowest BCUT2D eigenvalue weighted by Crippen LogP contribution is -2.28. The molecule has 1 unspecified atom stereocenters. The van der Waals surface area contributed by atoms with E-state index in [1.54, 1.807) is 19.1 Å². The number of carbonyl (C=O) groups is 1. The number of esters is 1. The highest BCUT2D eigenvalue weighted by Crippen LogP contribution is 2.20. The summed E-state index contributed by atoms with van der Waals surface area (Å²) in [5.41, 5.74) is 3.17. The topological polar surface area (TPSA) is 38.3 Å². The van der Waals surface area contributed by atoms with Crippen LogP contribution >= 0.6 is 0 Å². The molecule has 0 aliphatic carbocycles. The number of ether oxygens (including phenoxy) is 1. The van der Waals surface area contributed by atoms with Gasteiger partial charge in [0.1, 0.15) is 5.82 Å². The predicted molar refractivity (Wildman–Crippen MR) is 89.4 cm³/mol. The highest BCUT2D eigenvalue weighted by molar-refractivity contribution is 5.70. The Hall–Kier alpha value is -2.20. The van der Waals surface area contributed by atoms with Crippen molar-refractivity contribution in [2.45, 2.75) is 32.9 Å². The second-order valence-electron chi connectivity index (χ2n) is 5.49. The average Bonchev–Trinajstić information content (AvgIpc) is 2.54. The fourth-order valence-electron chi connectivity index (χ4n) is 2.29. The van der Waals surface area contributed by atoms with Crippen LogP contribution in [0.25, 0.3) is 11.1 Å². The van der Waals surface area contributed by atoms with E-state index in [0.29, 0.717) is 19.6 Å². The van der Waals surface area contributed by atoms with E-state index in [1.165, 1.54) is 12.1 Å². The third kappa shape index (κ3) is 5.49. The molecule has 0 aliphatic heterocycles. The average molecular weight is 315 g/mol. The third-order valence-electron chi connectivity index (χ3n) is 3.56. The number of hydrogen-bond donors (Lipinski definition) is 1. The second-order valence-corrected chi connectivity index (χ2v) is 5.49. The van der Waals surface area contributed by atoms with Crippen molar-refractivity contribution < 1.29 is 13.9 Å². The van der Waals surface area contributed by atoms with Crippen molar-refractivity contribution in [3.05, 3.63) is 59.9 Å². The van der Waals surface area contributed by atoms with E-state index in [0.717, 1.165) is 16.7 Å². The molecule has 3 nitrogen and oxygen atoms in total. The summed E-state index contributed by atoms with van der Waals surface area (Å²) in [5, 5.41) is 3.30. The van der Waals surface area contributed by atoms with Crippen LogP contribution < -0.4 is 5.32 Å². The minimum atomic E-state index is -0.231. The van der Waals surface area contributed by atoms with Crippen LogP contribution in [-0.2, 0) is 16.1 Å². The first-order chi connectivity index (χ1) is 11.1. The van der Waals surface area contributed by atoms with Crippen molar-refractivity contribution in [3.63, 3.8) is 0 Å². The molecule has 0 saturated heterocycles. The van der Waals surface area contributed by atoms with Gasteiger partial charge >= 0.3 is 5.97 Å². The summed E-state index contributed by atoms with van der Waals surface area (Å²) in [6.07, 6.45) is 0.363. The van der Waals surface area contributed by atoms with Gasteiger partial charge in [-0.15, -0.1) is 0 Å². The summed E-state index contributed by atoms with van der Waals surface area (Å²) >= 11 is 0. The van der Waals surface area contributed by atoms with E-state index >= 15 is 0 Å². The molecule has 1 atom stereocenters. The molecule has 0 radical (unpaired) electrons. The van der Waals surface area contributed by atoms with Gasteiger partial charge in [0, 0.05) is 12.6 Å². The maximum absolute atomic E-state index is 12.9. The van der Waals surface area contributed by atoms with Gasteiger partial charge in [-0.1, -0.05) is 36.4 Å². The highest BCUT2D eigenvalue weighted by Gasteiger charge is 2.09. The molecule has 0 amide bonds. The van der Waals surface area contributed by atoms with E-state index < -0.39 is 0 Å². The van der Waals surface area contributed by atoms with Gasteiger partial charge < -0.3 is 10.1 Å². The Morgan fingerprint density at radius 1 is 1.09 bits per heavy atom. The van der Waals surface area contributed by atoms with Crippen LogP contribution in [0.1, 0.15) is 25.8 Å². The molecule has 122 valence electrons. The van der Waals surface area contributed by atoms with Gasteiger partial charge in [-0.05, 0) is 42.7 Å². The fourth-order valence-corrected chi connectivity index (χ4v) is 2.29. The summed E-state index contributed by atoms with van der Waals surface area (Å²) in [4.78, 5) is 11.4. The van der Waals surface area contributed by atoms with Gasteiger partial charge in [0.05, 0.1) is 13.0 Å². The van der Waals surface area contributed by atoms with Crippen molar-refractivity contribution >= 4 is 5.97 Å². The summed E-state index contributed by atoms with van der Waals surface area (Å²) in [6, 6.07) is 14.6. The lowest BCUT2D eigenvalue weighted by atomic mass is 10.0. The first-order valence-corrected chi connectivity index (χ1v) is 7.82. The van der Waals surface area contributed by atoms with E-state index in [1.807, 2.05) is 31.2 Å². The van der Waals surface area contributed by atoms with Crippen LogP contribution in [0.15, 0.2) is 48.5 Å². The first kappa shape index (κ1) is 17.2. The molecule has 23 heavy (non-hydrogen) atoms. The van der Waals surface area contributed by atoms with E-state index in [9.17, 15) is 9.18 Å². The molecule has 2 aromatic rings. The number of hydrogen-bond acceptors (Lipinski definition) is 3. The van der Waals surface area contributed by atoms with Crippen molar-refractivity contribution in [1.82, 2.24) is 5.32 Å². The predicted octanol–water partition coefficient (Wildman–Crippen LogP) is 3.92. The third-order valence-corrected chi connectivity index (χ3v) is 3.56. The van der Waals surface area contributed by atoms with Gasteiger partial charge in [0.2, 0.25) is 0 Å². The summed E-state index contributed by atoms with van der Waals surface area (Å²) in [7, 11) is 0. The number of rotatable bonds is 7. The first-order valence-electron chi connectivity index (χ1n) is 7.82. The molecule has 0 heterocycles. The van der Waals surface area contributed by atoms with Crippen molar-refractivity contribution in [2.24, 2.45) is 0 Å². The maximum Gasteiger partial charge on any atom is 0.307 e. The van der Waals surface area contributed by atoms with Crippen LogP contribution in [0.2, 0.25) is 0 Å². The van der Waals surface area contributed by atoms with Crippen LogP contribution in [0.3, 0.4) is 0 Å². The molecule has 2 rings (SSSR count). The van der Waals surface area contributed by atoms with Gasteiger partial charge in [-0.2, -0.15) is 0 Å². The standard InChI is InChI=1S/C19H22FNO2/c1-3-23-19(22)12-14(2)21-13-15-4-6-16(7-5-15)17-8-10-18(20)11-9-17/h4-11,14,21H,3,12-13H2,1-2H3. The van der Waals surface area contributed by atoms with Crippen molar-refractivity contribution in [2.75, 3.05) is 6.61 Å². The molecule has 1 N–H and O–H groups in total.